The molecule has 1 aliphatic heterocycles. The number of nitrogens with one attached hydrogen (secondary N) is 1. The SMILES string of the molecule is C=C(OCC(CC)CC)C(C#N)c1nc2ccccc2nc1N1CCNC(=O)C1. The van der Waals surface area contributed by atoms with Gasteiger partial charge in [-0.15, -0.1) is 0 Å². The minimum absolute atomic E-state index is 0.0746. The zero-order valence-corrected chi connectivity index (χ0v) is 17.0. The summed E-state index contributed by atoms with van der Waals surface area (Å²) in [5.41, 5.74) is 1.90. The molecular weight excluding hydrogens is 366 g/mol. The molecule has 3 rings (SSSR count). The molecule has 1 unspecified atom stereocenters. The number of para-hydroxylation sites is 2. The first-order chi connectivity index (χ1) is 14.1. The Morgan fingerprint density at radius 3 is 2.62 bits per heavy atom. The van der Waals surface area contributed by atoms with Crippen LogP contribution in [-0.4, -0.2) is 42.1 Å². The summed E-state index contributed by atoms with van der Waals surface area (Å²) in [5, 5.41) is 12.7. The molecule has 1 atom stereocenters. The average Bonchev–Trinajstić information content (AvgIpc) is 2.74. The van der Waals surface area contributed by atoms with E-state index in [-0.39, 0.29) is 12.5 Å². The molecule has 7 nitrogen and oxygen atoms in total. The van der Waals surface area contributed by atoms with Gasteiger partial charge in [-0.2, -0.15) is 5.26 Å². The highest BCUT2D eigenvalue weighted by molar-refractivity contribution is 5.84. The Kier molecular flexibility index (Phi) is 6.65. The third kappa shape index (κ3) is 4.65. The molecule has 1 fully saturated rings. The van der Waals surface area contributed by atoms with Gasteiger partial charge in [0, 0.05) is 13.1 Å². The van der Waals surface area contributed by atoms with Gasteiger partial charge in [-0.05, 0) is 18.1 Å². The van der Waals surface area contributed by atoms with Crippen LogP contribution in [0.1, 0.15) is 38.3 Å². The number of hydrogen-bond acceptors (Lipinski definition) is 6. The topological polar surface area (TPSA) is 91.1 Å². The van der Waals surface area contributed by atoms with Gasteiger partial charge in [0.15, 0.2) is 5.82 Å². The number of rotatable bonds is 8. The molecular formula is C22H27N5O2. The lowest BCUT2D eigenvalue weighted by atomic mass is 10.0. The van der Waals surface area contributed by atoms with E-state index < -0.39 is 5.92 Å². The van der Waals surface area contributed by atoms with Gasteiger partial charge >= 0.3 is 0 Å². The number of piperazine rings is 1. The Hall–Kier alpha value is -3.14. The van der Waals surface area contributed by atoms with Crippen molar-refractivity contribution in [3.63, 3.8) is 0 Å². The van der Waals surface area contributed by atoms with Crippen LogP contribution in [0.2, 0.25) is 0 Å². The number of ether oxygens (including phenoxy) is 1. The van der Waals surface area contributed by atoms with Crippen molar-refractivity contribution in [2.24, 2.45) is 5.92 Å². The summed E-state index contributed by atoms with van der Waals surface area (Å²) in [7, 11) is 0. The van der Waals surface area contributed by atoms with Gasteiger partial charge in [-0.25, -0.2) is 9.97 Å². The molecule has 1 amide bonds. The zero-order valence-electron chi connectivity index (χ0n) is 17.0. The smallest absolute Gasteiger partial charge is 0.239 e. The van der Waals surface area contributed by atoms with E-state index in [0.717, 1.165) is 18.4 Å². The summed E-state index contributed by atoms with van der Waals surface area (Å²) in [6.45, 7) is 10.1. The van der Waals surface area contributed by atoms with Crippen LogP contribution >= 0.6 is 0 Å². The van der Waals surface area contributed by atoms with E-state index in [1.54, 1.807) is 0 Å². The number of aromatic nitrogens is 2. The van der Waals surface area contributed by atoms with E-state index in [1.807, 2.05) is 29.2 Å². The summed E-state index contributed by atoms with van der Waals surface area (Å²) in [6.07, 6.45) is 2.01. The van der Waals surface area contributed by atoms with Crippen molar-refractivity contribution in [2.45, 2.75) is 32.6 Å². The molecule has 0 radical (unpaired) electrons. The van der Waals surface area contributed by atoms with Crippen molar-refractivity contribution >= 4 is 22.8 Å². The third-order valence-corrected chi connectivity index (χ3v) is 5.30. The van der Waals surface area contributed by atoms with Gasteiger partial charge in [0.05, 0.1) is 30.3 Å². The van der Waals surface area contributed by atoms with Crippen molar-refractivity contribution < 1.29 is 9.53 Å². The molecule has 152 valence electrons. The van der Waals surface area contributed by atoms with Crippen LogP contribution in [0, 0.1) is 17.2 Å². The van der Waals surface area contributed by atoms with E-state index in [4.69, 9.17) is 14.7 Å². The monoisotopic (exact) mass is 393 g/mol. The fourth-order valence-electron chi connectivity index (χ4n) is 3.37. The van der Waals surface area contributed by atoms with Gasteiger partial charge in [-0.1, -0.05) is 45.4 Å². The predicted octanol–water partition coefficient (Wildman–Crippen LogP) is 3.14. The highest BCUT2D eigenvalue weighted by Gasteiger charge is 2.28. The summed E-state index contributed by atoms with van der Waals surface area (Å²) in [6, 6.07) is 9.79. The van der Waals surface area contributed by atoms with E-state index in [1.165, 1.54) is 0 Å². The average molecular weight is 393 g/mol. The highest BCUT2D eigenvalue weighted by atomic mass is 16.5. The van der Waals surface area contributed by atoms with Crippen LogP contribution in [0.4, 0.5) is 5.82 Å². The highest BCUT2D eigenvalue weighted by Crippen LogP contribution is 2.32. The predicted molar refractivity (Wildman–Crippen MR) is 112 cm³/mol. The van der Waals surface area contributed by atoms with Crippen LogP contribution in [-0.2, 0) is 9.53 Å². The van der Waals surface area contributed by atoms with Gasteiger partial charge < -0.3 is 15.0 Å². The molecule has 1 aliphatic rings. The van der Waals surface area contributed by atoms with E-state index >= 15 is 0 Å². The van der Waals surface area contributed by atoms with Gasteiger partial charge in [-0.3, -0.25) is 4.79 Å². The Morgan fingerprint density at radius 2 is 2.00 bits per heavy atom. The summed E-state index contributed by atoms with van der Waals surface area (Å²) >= 11 is 0. The van der Waals surface area contributed by atoms with Crippen LogP contribution in [0.5, 0.6) is 0 Å². The second-order valence-electron chi connectivity index (χ2n) is 7.21. The van der Waals surface area contributed by atoms with Crippen molar-refractivity contribution in [3.05, 3.63) is 42.3 Å². The lowest BCUT2D eigenvalue weighted by molar-refractivity contribution is -0.120. The minimum atomic E-state index is -0.763. The number of nitriles is 1. The number of nitrogens with zero attached hydrogens (tertiary/aromatic N) is 4. The van der Waals surface area contributed by atoms with Gasteiger partial charge in [0.1, 0.15) is 17.4 Å². The zero-order chi connectivity index (χ0) is 20.8. The summed E-state index contributed by atoms with van der Waals surface area (Å²) in [5.74, 6) is 0.485. The molecule has 7 heteroatoms. The Bertz CT molecular complexity index is 932. The van der Waals surface area contributed by atoms with E-state index in [0.29, 0.717) is 48.4 Å². The number of amides is 1. The quantitative estimate of drug-likeness (QED) is 0.693. The Balaban J connectivity index is 1.98. The van der Waals surface area contributed by atoms with E-state index in [2.05, 4.69) is 31.8 Å². The van der Waals surface area contributed by atoms with Crippen molar-refractivity contribution in [1.82, 2.24) is 15.3 Å². The van der Waals surface area contributed by atoms with Crippen molar-refractivity contribution in [3.8, 4) is 6.07 Å². The Morgan fingerprint density at radius 1 is 1.31 bits per heavy atom. The molecule has 0 spiro atoms. The number of allylic oxidation sites excluding steroid dienone is 1. The third-order valence-electron chi connectivity index (χ3n) is 5.30. The number of hydrogen-bond donors (Lipinski definition) is 1. The Labute approximate surface area is 171 Å². The first kappa shape index (κ1) is 20.6. The molecule has 29 heavy (non-hydrogen) atoms. The molecule has 1 saturated heterocycles. The molecule has 2 heterocycles. The van der Waals surface area contributed by atoms with Gasteiger partial charge in [0.25, 0.3) is 0 Å². The summed E-state index contributed by atoms with van der Waals surface area (Å²) < 4.78 is 5.89. The van der Waals surface area contributed by atoms with Crippen LogP contribution < -0.4 is 10.2 Å². The molecule has 1 aromatic heterocycles. The van der Waals surface area contributed by atoms with Crippen molar-refractivity contribution in [1.29, 1.82) is 5.26 Å². The maximum Gasteiger partial charge on any atom is 0.239 e. The summed E-state index contributed by atoms with van der Waals surface area (Å²) in [4.78, 5) is 23.3. The number of anilines is 1. The maximum atomic E-state index is 11.9. The lowest BCUT2D eigenvalue weighted by Gasteiger charge is -2.30. The van der Waals surface area contributed by atoms with Gasteiger partial charge in [0.2, 0.25) is 5.91 Å². The fourth-order valence-corrected chi connectivity index (χ4v) is 3.37. The number of fused-ring (bicyclic) bond motifs is 1. The number of benzene rings is 1. The molecule has 0 aliphatic carbocycles. The van der Waals surface area contributed by atoms with Crippen LogP contribution in [0.15, 0.2) is 36.6 Å². The first-order valence-electron chi connectivity index (χ1n) is 10.1. The molecule has 0 bridgehead atoms. The molecule has 1 N–H and O–H groups in total. The largest absolute Gasteiger partial charge is 0.496 e. The molecule has 2 aromatic rings. The molecule has 1 aromatic carbocycles. The standard InChI is InChI=1S/C22H27N5O2/c1-4-16(5-2)14-29-15(3)17(12-23)21-22(27-11-10-24-20(28)13-27)26-19-9-7-6-8-18(19)25-21/h6-9,16-17H,3-5,10-11,13-14H2,1-2H3,(H,24,28). The van der Waals surface area contributed by atoms with Crippen LogP contribution in [0.3, 0.4) is 0 Å². The first-order valence-corrected chi connectivity index (χ1v) is 10.1. The van der Waals surface area contributed by atoms with Crippen LogP contribution in [0.25, 0.3) is 11.0 Å². The minimum Gasteiger partial charge on any atom is -0.496 e. The fraction of sp³-hybridized carbons (Fsp3) is 0.455. The normalized spacial score (nSPS) is 15.1. The van der Waals surface area contributed by atoms with E-state index in [9.17, 15) is 10.1 Å². The number of carbonyl (C=O) groups is 1. The maximum absolute atomic E-state index is 11.9. The number of carbonyl (C=O) groups excluding carboxylic acids is 1. The molecule has 0 saturated carbocycles. The second kappa shape index (κ2) is 9.37. The lowest BCUT2D eigenvalue weighted by Crippen LogP contribution is -2.48. The second-order valence-corrected chi connectivity index (χ2v) is 7.21. The van der Waals surface area contributed by atoms with Crippen molar-refractivity contribution in [2.75, 3.05) is 31.1 Å².